The maximum atomic E-state index is 5.90. The zero-order valence-corrected chi connectivity index (χ0v) is 13.9. The van der Waals surface area contributed by atoms with E-state index >= 15 is 0 Å². The van der Waals surface area contributed by atoms with Gasteiger partial charge in [0.25, 0.3) is 0 Å². The fourth-order valence-electron chi connectivity index (χ4n) is 3.23. The molecule has 1 atom stereocenters. The molecule has 4 rings (SSSR count). The second kappa shape index (κ2) is 6.20. The number of pyridine rings is 2. The summed E-state index contributed by atoms with van der Waals surface area (Å²) in [6, 6.07) is 3.89. The summed E-state index contributed by atoms with van der Waals surface area (Å²) >= 11 is 0. The van der Waals surface area contributed by atoms with Crippen LogP contribution in [-0.4, -0.2) is 33.5 Å². The van der Waals surface area contributed by atoms with E-state index in [1.165, 1.54) is 6.42 Å². The van der Waals surface area contributed by atoms with Crippen LogP contribution in [-0.2, 0) is 4.74 Å². The van der Waals surface area contributed by atoms with E-state index in [1.807, 2.05) is 29.9 Å². The van der Waals surface area contributed by atoms with E-state index in [4.69, 9.17) is 14.5 Å². The molecule has 124 valence electrons. The molecule has 4 heterocycles. The predicted octanol–water partition coefficient (Wildman–Crippen LogP) is 3.51. The van der Waals surface area contributed by atoms with Gasteiger partial charge in [-0.3, -0.25) is 9.97 Å². The Morgan fingerprint density at radius 3 is 3.00 bits per heavy atom. The highest BCUT2D eigenvalue weighted by molar-refractivity contribution is 5.85. The molecule has 6 heteroatoms. The van der Waals surface area contributed by atoms with Gasteiger partial charge in [-0.05, 0) is 38.3 Å². The van der Waals surface area contributed by atoms with E-state index in [0.717, 1.165) is 53.1 Å². The van der Waals surface area contributed by atoms with Crippen molar-refractivity contribution in [2.24, 2.45) is 0 Å². The fraction of sp³-hybridized carbons (Fsp3) is 0.389. The van der Waals surface area contributed by atoms with Crippen molar-refractivity contribution in [3.63, 3.8) is 0 Å². The number of aromatic nitrogens is 4. The molecule has 0 aromatic carbocycles. The molecule has 24 heavy (non-hydrogen) atoms. The number of methoxy groups -OCH3 is 1. The average Bonchev–Trinajstić information content (AvgIpc) is 3.07. The molecule has 1 unspecified atom stereocenters. The molecule has 0 amide bonds. The van der Waals surface area contributed by atoms with Crippen molar-refractivity contribution in [1.29, 1.82) is 0 Å². The minimum absolute atomic E-state index is 0.00157. The van der Waals surface area contributed by atoms with Crippen molar-refractivity contribution in [1.82, 2.24) is 19.7 Å². The van der Waals surface area contributed by atoms with Gasteiger partial charge in [0.05, 0.1) is 30.1 Å². The van der Waals surface area contributed by atoms with Crippen molar-refractivity contribution >= 4 is 10.9 Å². The molecule has 1 saturated heterocycles. The standard InChI is InChI=1S/C18H20N4O2/c1-12-13-11-20-22(18-5-3-4-8-24-18)16(13)9-15(21-12)14-10-19-7-6-17(14)23-2/h6-7,9-11,18H,3-5,8H2,1-2H3. The number of rotatable bonds is 3. The molecule has 6 nitrogen and oxygen atoms in total. The third-order valence-corrected chi connectivity index (χ3v) is 4.49. The van der Waals surface area contributed by atoms with E-state index in [-0.39, 0.29) is 6.23 Å². The second-order valence-corrected chi connectivity index (χ2v) is 6.01. The summed E-state index contributed by atoms with van der Waals surface area (Å²) < 4.78 is 13.3. The van der Waals surface area contributed by atoms with Crippen LogP contribution in [0.2, 0.25) is 0 Å². The van der Waals surface area contributed by atoms with Crippen molar-refractivity contribution in [2.45, 2.75) is 32.4 Å². The Labute approximate surface area is 140 Å². The molecule has 0 N–H and O–H groups in total. The topological polar surface area (TPSA) is 62.1 Å². The Bertz CT molecular complexity index is 869. The summed E-state index contributed by atoms with van der Waals surface area (Å²) in [5, 5.41) is 5.61. The van der Waals surface area contributed by atoms with Crippen LogP contribution in [0.25, 0.3) is 22.2 Å². The van der Waals surface area contributed by atoms with Crippen LogP contribution in [0.15, 0.2) is 30.7 Å². The van der Waals surface area contributed by atoms with Crippen molar-refractivity contribution in [2.75, 3.05) is 13.7 Å². The van der Waals surface area contributed by atoms with Crippen LogP contribution in [0.5, 0.6) is 5.75 Å². The van der Waals surface area contributed by atoms with E-state index in [9.17, 15) is 0 Å². The largest absolute Gasteiger partial charge is 0.496 e. The Balaban J connectivity index is 1.86. The van der Waals surface area contributed by atoms with E-state index in [2.05, 4.69) is 10.1 Å². The second-order valence-electron chi connectivity index (χ2n) is 6.01. The highest BCUT2D eigenvalue weighted by Crippen LogP contribution is 2.32. The summed E-state index contributed by atoms with van der Waals surface area (Å²) in [5.74, 6) is 0.760. The normalized spacial score (nSPS) is 18.0. The van der Waals surface area contributed by atoms with Gasteiger partial charge >= 0.3 is 0 Å². The highest BCUT2D eigenvalue weighted by Gasteiger charge is 2.20. The first kappa shape index (κ1) is 15.1. The zero-order valence-electron chi connectivity index (χ0n) is 13.9. The molecule has 0 saturated carbocycles. The molecule has 0 spiro atoms. The number of aryl methyl sites for hydroxylation is 1. The summed E-state index contributed by atoms with van der Waals surface area (Å²) in [6.45, 7) is 2.79. The highest BCUT2D eigenvalue weighted by atomic mass is 16.5. The van der Waals surface area contributed by atoms with Gasteiger partial charge in [0.2, 0.25) is 0 Å². The van der Waals surface area contributed by atoms with Crippen LogP contribution < -0.4 is 4.74 Å². The molecule has 3 aromatic rings. The quantitative estimate of drug-likeness (QED) is 0.738. The molecule has 1 aliphatic rings. The monoisotopic (exact) mass is 324 g/mol. The summed E-state index contributed by atoms with van der Waals surface area (Å²) in [5.41, 5.74) is 3.69. The van der Waals surface area contributed by atoms with E-state index in [0.29, 0.717) is 0 Å². The van der Waals surface area contributed by atoms with Crippen LogP contribution in [0.1, 0.15) is 31.2 Å². The van der Waals surface area contributed by atoms with Crippen LogP contribution in [0, 0.1) is 6.92 Å². The smallest absolute Gasteiger partial charge is 0.150 e. The molecular formula is C18H20N4O2. The predicted molar refractivity (Wildman–Crippen MR) is 90.9 cm³/mol. The van der Waals surface area contributed by atoms with Gasteiger partial charge < -0.3 is 9.47 Å². The van der Waals surface area contributed by atoms with Gasteiger partial charge in [-0.15, -0.1) is 0 Å². The third kappa shape index (κ3) is 2.53. The van der Waals surface area contributed by atoms with Gasteiger partial charge in [0, 0.05) is 30.1 Å². The van der Waals surface area contributed by atoms with E-state index in [1.54, 1.807) is 19.5 Å². The van der Waals surface area contributed by atoms with Crippen LogP contribution >= 0.6 is 0 Å². The lowest BCUT2D eigenvalue weighted by molar-refractivity contribution is -0.0366. The fourth-order valence-corrected chi connectivity index (χ4v) is 3.23. The van der Waals surface area contributed by atoms with Gasteiger partial charge in [-0.1, -0.05) is 0 Å². The minimum Gasteiger partial charge on any atom is -0.496 e. The lowest BCUT2D eigenvalue weighted by Crippen LogP contribution is -2.19. The lowest BCUT2D eigenvalue weighted by Gasteiger charge is -2.23. The molecule has 3 aromatic heterocycles. The summed E-state index contributed by atoms with van der Waals surface area (Å²) in [7, 11) is 1.66. The molecule has 1 fully saturated rings. The maximum absolute atomic E-state index is 5.90. The first-order valence-electron chi connectivity index (χ1n) is 8.23. The number of ether oxygens (including phenoxy) is 2. The Hall–Kier alpha value is -2.47. The SMILES string of the molecule is COc1ccncc1-c1cc2c(cnn2C2CCCCO2)c(C)n1. The molecule has 0 radical (unpaired) electrons. The average molecular weight is 324 g/mol. The Morgan fingerprint density at radius 2 is 2.21 bits per heavy atom. The number of hydrogen-bond donors (Lipinski definition) is 0. The number of nitrogens with zero attached hydrogens (tertiary/aromatic N) is 4. The number of hydrogen-bond acceptors (Lipinski definition) is 5. The van der Waals surface area contributed by atoms with Crippen LogP contribution in [0.3, 0.4) is 0 Å². The zero-order chi connectivity index (χ0) is 16.5. The first-order valence-corrected chi connectivity index (χ1v) is 8.23. The molecule has 0 bridgehead atoms. The molecule has 1 aliphatic heterocycles. The summed E-state index contributed by atoms with van der Waals surface area (Å²) in [4.78, 5) is 8.94. The summed E-state index contributed by atoms with van der Waals surface area (Å²) in [6.07, 6.45) is 8.65. The van der Waals surface area contributed by atoms with Crippen molar-refractivity contribution in [3.8, 4) is 17.0 Å². The van der Waals surface area contributed by atoms with Crippen molar-refractivity contribution in [3.05, 3.63) is 36.4 Å². The molecular weight excluding hydrogens is 304 g/mol. The van der Waals surface area contributed by atoms with Gasteiger partial charge in [-0.25, -0.2) is 4.68 Å². The Morgan fingerprint density at radius 1 is 1.29 bits per heavy atom. The molecule has 0 aliphatic carbocycles. The van der Waals surface area contributed by atoms with Gasteiger partial charge in [0.1, 0.15) is 5.75 Å². The van der Waals surface area contributed by atoms with Gasteiger partial charge in [0.15, 0.2) is 6.23 Å². The first-order chi connectivity index (χ1) is 11.8. The van der Waals surface area contributed by atoms with Crippen LogP contribution in [0.4, 0.5) is 0 Å². The maximum Gasteiger partial charge on any atom is 0.150 e. The van der Waals surface area contributed by atoms with Crippen molar-refractivity contribution < 1.29 is 9.47 Å². The number of fused-ring (bicyclic) bond motifs is 1. The van der Waals surface area contributed by atoms with E-state index < -0.39 is 0 Å². The van der Waals surface area contributed by atoms with Gasteiger partial charge in [-0.2, -0.15) is 5.10 Å². The lowest BCUT2D eigenvalue weighted by atomic mass is 10.1. The Kier molecular flexibility index (Phi) is 3.90. The minimum atomic E-state index is 0.00157. The third-order valence-electron chi connectivity index (χ3n) is 4.49.